The zero-order valence-corrected chi connectivity index (χ0v) is 12.8. The molecule has 0 amide bonds. The number of nitrogens with one attached hydrogen (secondary N) is 1. The highest BCUT2D eigenvalue weighted by molar-refractivity contribution is 9.10. The van der Waals surface area contributed by atoms with Crippen molar-refractivity contribution in [2.24, 2.45) is 0 Å². The SMILES string of the molecule is CS(=O)(=O)Nc1ccccc1Cc1cccc(Br)c1. The Labute approximate surface area is 121 Å². The second-order valence-electron chi connectivity index (χ2n) is 4.34. The van der Waals surface area contributed by atoms with Crippen LogP contribution in [0.15, 0.2) is 53.0 Å². The molecule has 0 atom stereocenters. The van der Waals surface area contributed by atoms with Gasteiger partial charge in [0.15, 0.2) is 0 Å². The lowest BCUT2D eigenvalue weighted by Crippen LogP contribution is -2.11. The number of hydrogen-bond acceptors (Lipinski definition) is 2. The minimum absolute atomic E-state index is 0.630. The molecule has 0 aliphatic carbocycles. The van der Waals surface area contributed by atoms with Crippen molar-refractivity contribution in [1.29, 1.82) is 0 Å². The van der Waals surface area contributed by atoms with E-state index in [9.17, 15) is 8.42 Å². The van der Waals surface area contributed by atoms with Crippen molar-refractivity contribution in [3.05, 3.63) is 64.1 Å². The van der Waals surface area contributed by atoms with Crippen LogP contribution in [0.25, 0.3) is 0 Å². The standard InChI is InChI=1S/C14H14BrNO2S/c1-19(17,18)16-14-8-3-2-6-12(14)9-11-5-4-7-13(15)10-11/h2-8,10,16H,9H2,1H3. The van der Waals surface area contributed by atoms with Crippen molar-refractivity contribution in [1.82, 2.24) is 0 Å². The summed E-state index contributed by atoms with van der Waals surface area (Å²) < 4.78 is 26.2. The first-order valence-electron chi connectivity index (χ1n) is 5.74. The Balaban J connectivity index is 2.30. The number of para-hydroxylation sites is 1. The third-order valence-corrected chi connectivity index (χ3v) is 3.68. The summed E-state index contributed by atoms with van der Waals surface area (Å²) in [5.41, 5.74) is 2.70. The molecule has 0 heterocycles. The van der Waals surface area contributed by atoms with Crippen molar-refractivity contribution in [2.45, 2.75) is 6.42 Å². The highest BCUT2D eigenvalue weighted by Crippen LogP contribution is 2.21. The summed E-state index contributed by atoms with van der Waals surface area (Å²) in [6.07, 6.45) is 1.83. The van der Waals surface area contributed by atoms with E-state index in [1.54, 1.807) is 6.07 Å². The molecule has 0 aliphatic rings. The molecule has 19 heavy (non-hydrogen) atoms. The van der Waals surface area contributed by atoms with Crippen LogP contribution in [0.4, 0.5) is 5.69 Å². The maximum absolute atomic E-state index is 11.3. The number of sulfonamides is 1. The summed E-state index contributed by atoms with van der Waals surface area (Å²) in [7, 11) is -3.26. The molecule has 0 aromatic heterocycles. The van der Waals surface area contributed by atoms with Gasteiger partial charge in [0, 0.05) is 4.47 Å². The third kappa shape index (κ3) is 4.36. The topological polar surface area (TPSA) is 46.2 Å². The Bertz CT molecular complexity index is 683. The molecule has 0 aliphatic heterocycles. The van der Waals surface area contributed by atoms with E-state index in [1.165, 1.54) is 0 Å². The Morgan fingerprint density at radius 2 is 1.84 bits per heavy atom. The van der Waals surface area contributed by atoms with Gasteiger partial charge in [0.1, 0.15) is 0 Å². The van der Waals surface area contributed by atoms with Crippen LogP contribution < -0.4 is 4.72 Å². The van der Waals surface area contributed by atoms with Crippen LogP contribution >= 0.6 is 15.9 Å². The van der Waals surface area contributed by atoms with E-state index >= 15 is 0 Å². The molecule has 0 radical (unpaired) electrons. The van der Waals surface area contributed by atoms with Gasteiger partial charge in [-0.25, -0.2) is 8.42 Å². The molecule has 0 bridgehead atoms. The van der Waals surface area contributed by atoms with Crippen LogP contribution in [0.2, 0.25) is 0 Å². The molecular formula is C14H14BrNO2S. The first-order chi connectivity index (χ1) is 8.94. The first-order valence-corrected chi connectivity index (χ1v) is 8.42. The highest BCUT2D eigenvalue weighted by atomic mass is 79.9. The summed E-state index contributed by atoms with van der Waals surface area (Å²) in [5, 5.41) is 0. The molecule has 1 N–H and O–H groups in total. The minimum Gasteiger partial charge on any atom is -0.283 e. The molecule has 0 saturated heterocycles. The van der Waals surface area contributed by atoms with Crippen LogP contribution in [0, 0.1) is 0 Å². The van der Waals surface area contributed by atoms with Crippen LogP contribution in [0.3, 0.4) is 0 Å². The summed E-state index contributed by atoms with van der Waals surface area (Å²) >= 11 is 3.43. The second kappa shape index (κ2) is 5.75. The normalized spacial score (nSPS) is 11.3. The van der Waals surface area contributed by atoms with Gasteiger partial charge >= 0.3 is 0 Å². The van der Waals surface area contributed by atoms with Gasteiger partial charge < -0.3 is 0 Å². The average molecular weight is 340 g/mol. The molecule has 0 spiro atoms. The Morgan fingerprint density at radius 1 is 1.11 bits per heavy atom. The van der Waals surface area contributed by atoms with Crippen molar-refractivity contribution in [3.8, 4) is 0 Å². The van der Waals surface area contributed by atoms with Crippen molar-refractivity contribution in [3.63, 3.8) is 0 Å². The maximum atomic E-state index is 11.3. The van der Waals surface area contributed by atoms with Crippen molar-refractivity contribution in [2.75, 3.05) is 11.0 Å². The Kier molecular flexibility index (Phi) is 4.27. The van der Waals surface area contributed by atoms with Gasteiger partial charge in [0.2, 0.25) is 10.0 Å². The summed E-state index contributed by atoms with van der Waals surface area (Å²) in [6.45, 7) is 0. The third-order valence-electron chi connectivity index (χ3n) is 2.60. The fraction of sp³-hybridized carbons (Fsp3) is 0.143. The van der Waals surface area contributed by atoms with Gasteiger partial charge in [-0.05, 0) is 35.7 Å². The molecular weight excluding hydrogens is 326 g/mol. The van der Waals surface area contributed by atoms with Crippen LogP contribution in [0.5, 0.6) is 0 Å². The van der Waals surface area contributed by atoms with Gasteiger partial charge in [-0.3, -0.25) is 4.72 Å². The molecule has 0 saturated carbocycles. The quantitative estimate of drug-likeness (QED) is 0.927. The fourth-order valence-corrected chi connectivity index (χ4v) is 2.89. The molecule has 2 aromatic rings. The monoisotopic (exact) mass is 339 g/mol. The molecule has 2 rings (SSSR count). The van der Waals surface area contributed by atoms with E-state index in [2.05, 4.69) is 20.7 Å². The average Bonchev–Trinajstić information content (AvgIpc) is 2.30. The summed E-state index contributed by atoms with van der Waals surface area (Å²) in [6, 6.07) is 15.4. The number of anilines is 1. The van der Waals surface area contributed by atoms with E-state index in [1.807, 2.05) is 42.5 Å². The van der Waals surface area contributed by atoms with Crippen LogP contribution in [-0.4, -0.2) is 14.7 Å². The molecule has 5 heteroatoms. The predicted molar refractivity (Wildman–Crippen MR) is 81.9 cm³/mol. The number of rotatable bonds is 4. The number of benzene rings is 2. The minimum atomic E-state index is -3.26. The second-order valence-corrected chi connectivity index (χ2v) is 7.00. The van der Waals surface area contributed by atoms with E-state index in [0.29, 0.717) is 12.1 Å². The van der Waals surface area contributed by atoms with Crippen LogP contribution in [0.1, 0.15) is 11.1 Å². The lowest BCUT2D eigenvalue weighted by molar-refractivity contribution is 0.606. The predicted octanol–water partition coefficient (Wildman–Crippen LogP) is 3.41. The van der Waals surface area contributed by atoms with Gasteiger partial charge in [-0.1, -0.05) is 46.3 Å². The molecule has 0 fully saturated rings. The Hall–Kier alpha value is -1.33. The Morgan fingerprint density at radius 3 is 2.53 bits per heavy atom. The molecule has 100 valence electrons. The highest BCUT2D eigenvalue weighted by Gasteiger charge is 2.07. The van der Waals surface area contributed by atoms with Gasteiger partial charge in [-0.15, -0.1) is 0 Å². The first kappa shape index (κ1) is 14.1. The van der Waals surface area contributed by atoms with Gasteiger partial charge in [0.05, 0.1) is 11.9 Å². The van der Waals surface area contributed by atoms with Gasteiger partial charge in [-0.2, -0.15) is 0 Å². The van der Waals surface area contributed by atoms with E-state index < -0.39 is 10.0 Å². The van der Waals surface area contributed by atoms with Gasteiger partial charge in [0.25, 0.3) is 0 Å². The molecule has 3 nitrogen and oxygen atoms in total. The summed E-state index contributed by atoms with van der Waals surface area (Å²) in [4.78, 5) is 0. The van der Waals surface area contributed by atoms with Crippen molar-refractivity contribution < 1.29 is 8.42 Å². The zero-order chi connectivity index (χ0) is 13.9. The number of hydrogen-bond donors (Lipinski definition) is 1. The smallest absolute Gasteiger partial charge is 0.229 e. The van der Waals surface area contributed by atoms with E-state index in [0.717, 1.165) is 21.9 Å². The fourth-order valence-electron chi connectivity index (χ4n) is 1.84. The lowest BCUT2D eigenvalue weighted by Gasteiger charge is -2.10. The van der Waals surface area contributed by atoms with E-state index in [-0.39, 0.29) is 0 Å². The van der Waals surface area contributed by atoms with Crippen molar-refractivity contribution >= 4 is 31.6 Å². The molecule has 0 unspecified atom stereocenters. The molecule has 2 aromatic carbocycles. The van der Waals surface area contributed by atoms with Crippen LogP contribution in [-0.2, 0) is 16.4 Å². The zero-order valence-electron chi connectivity index (χ0n) is 10.4. The lowest BCUT2D eigenvalue weighted by atomic mass is 10.0. The summed E-state index contributed by atoms with van der Waals surface area (Å²) in [5.74, 6) is 0. The number of halogens is 1. The maximum Gasteiger partial charge on any atom is 0.229 e. The largest absolute Gasteiger partial charge is 0.283 e. The van der Waals surface area contributed by atoms with E-state index in [4.69, 9.17) is 0 Å².